The monoisotopic (exact) mass is 715 g/mol. The minimum atomic E-state index is -4.83. The SMILES string of the molecule is CC1=CCCC2(C)C(CCC23CN(Cc2ccc(OC(F)(F)F)cc2)C(=O)O3)c2ccc(cc2C(=O)c2cccc(C(F)(F)F)c2)CC(O)CC1. The molecule has 3 aliphatic carbocycles. The average molecular weight is 716 g/mol. The second-order valence-corrected chi connectivity index (χ2v) is 14.2. The first kappa shape index (κ1) is 36.5. The van der Waals surface area contributed by atoms with Crippen LogP contribution in [0.4, 0.5) is 31.1 Å². The van der Waals surface area contributed by atoms with Crippen LogP contribution in [0.5, 0.6) is 5.75 Å². The third-order valence-electron chi connectivity index (χ3n) is 10.9. The molecular formula is C39H39F6NO5. The number of carbonyl (C=O) groups is 2. The quantitative estimate of drug-likeness (QED) is 0.162. The van der Waals surface area contributed by atoms with Crippen LogP contribution in [0.15, 0.2) is 78.4 Å². The summed E-state index contributed by atoms with van der Waals surface area (Å²) in [5.74, 6) is -1.28. The molecule has 1 saturated carbocycles. The van der Waals surface area contributed by atoms with Crippen molar-refractivity contribution < 1.29 is 50.5 Å². The van der Waals surface area contributed by atoms with Crippen molar-refractivity contribution in [2.24, 2.45) is 5.41 Å². The van der Waals surface area contributed by atoms with Crippen molar-refractivity contribution in [3.8, 4) is 5.75 Å². The van der Waals surface area contributed by atoms with E-state index in [-0.39, 0.29) is 42.3 Å². The maximum absolute atomic E-state index is 14.2. The van der Waals surface area contributed by atoms with Crippen molar-refractivity contribution >= 4 is 11.9 Å². The van der Waals surface area contributed by atoms with E-state index in [1.54, 1.807) is 6.07 Å². The Morgan fingerprint density at radius 1 is 1.00 bits per heavy atom. The Balaban J connectivity index is 1.37. The fourth-order valence-corrected chi connectivity index (χ4v) is 8.11. The third kappa shape index (κ3) is 7.66. The molecule has 1 amide bonds. The lowest BCUT2D eigenvalue weighted by Gasteiger charge is -2.43. The van der Waals surface area contributed by atoms with Crippen LogP contribution >= 0.6 is 0 Å². The van der Waals surface area contributed by atoms with Crippen LogP contribution in [-0.4, -0.2) is 46.5 Å². The lowest BCUT2D eigenvalue weighted by Crippen LogP contribution is -2.48. The summed E-state index contributed by atoms with van der Waals surface area (Å²) in [7, 11) is 0. The predicted molar refractivity (Wildman–Crippen MR) is 176 cm³/mol. The highest BCUT2D eigenvalue weighted by atomic mass is 19.4. The maximum Gasteiger partial charge on any atom is 0.573 e. The van der Waals surface area contributed by atoms with Gasteiger partial charge < -0.3 is 14.6 Å². The van der Waals surface area contributed by atoms with E-state index in [2.05, 4.69) is 10.8 Å². The molecule has 6 nitrogen and oxygen atoms in total. The van der Waals surface area contributed by atoms with Crippen molar-refractivity contribution in [2.75, 3.05) is 6.54 Å². The zero-order chi connectivity index (χ0) is 36.8. The summed E-state index contributed by atoms with van der Waals surface area (Å²) in [5.41, 5.74) is 0.495. The molecule has 7 rings (SSSR count). The molecule has 3 aromatic rings. The highest BCUT2D eigenvalue weighted by Gasteiger charge is 2.64. The number of amides is 1. The van der Waals surface area contributed by atoms with E-state index in [9.17, 15) is 41.0 Å². The van der Waals surface area contributed by atoms with Gasteiger partial charge in [0.15, 0.2) is 5.78 Å². The molecule has 1 saturated heterocycles. The number of allylic oxidation sites excluding steroid dienone is 2. The van der Waals surface area contributed by atoms with E-state index in [4.69, 9.17) is 4.74 Å². The number of aliphatic hydroxyl groups is 1. The second kappa shape index (κ2) is 13.7. The predicted octanol–water partition coefficient (Wildman–Crippen LogP) is 9.53. The zero-order valence-electron chi connectivity index (χ0n) is 28.2. The van der Waals surface area contributed by atoms with Crippen molar-refractivity contribution in [1.82, 2.24) is 4.90 Å². The summed E-state index contributed by atoms with van der Waals surface area (Å²) < 4.78 is 89.3. The Morgan fingerprint density at radius 2 is 1.75 bits per heavy atom. The summed E-state index contributed by atoms with van der Waals surface area (Å²) in [6.07, 6.45) is -5.07. The van der Waals surface area contributed by atoms with E-state index in [0.717, 1.165) is 17.7 Å². The van der Waals surface area contributed by atoms with Crippen LogP contribution in [0.1, 0.15) is 96.5 Å². The van der Waals surface area contributed by atoms with Gasteiger partial charge >= 0.3 is 18.6 Å². The van der Waals surface area contributed by atoms with Gasteiger partial charge in [0.05, 0.1) is 18.2 Å². The molecule has 2 fully saturated rings. The van der Waals surface area contributed by atoms with E-state index in [1.165, 1.54) is 41.3 Å². The smallest absolute Gasteiger partial charge is 0.440 e. The highest BCUT2D eigenvalue weighted by Crippen LogP contribution is 2.62. The molecule has 1 spiro atoms. The van der Waals surface area contributed by atoms with Crippen molar-refractivity contribution in [2.45, 2.75) is 95.5 Å². The largest absolute Gasteiger partial charge is 0.573 e. The molecule has 0 radical (unpaired) electrons. The number of rotatable bonds is 5. The molecule has 2 bridgehead atoms. The number of fused-ring (bicyclic) bond motifs is 8. The highest BCUT2D eigenvalue weighted by molar-refractivity contribution is 6.10. The fraction of sp³-hybridized carbons (Fsp3) is 0.436. The van der Waals surface area contributed by atoms with Crippen molar-refractivity contribution in [3.05, 3.63) is 112 Å². The molecule has 4 unspecified atom stereocenters. The molecule has 1 aliphatic heterocycles. The fourth-order valence-electron chi connectivity index (χ4n) is 8.11. The van der Waals surface area contributed by atoms with Gasteiger partial charge in [-0.2, -0.15) is 13.2 Å². The summed E-state index contributed by atoms with van der Waals surface area (Å²) >= 11 is 0. The molecule has 4 atom stereocenters. The summed E-state index contributed by atoms with van der Waals surface area (Å²) in [5, 5.41) is 10.8. The van der Waals surface area contributed by atoms with E-state index >= 15 is 0 Å². The molecule has 12 heteroatoms. The van der Waals surface area contributed by atoms with Crippen LogP contribution in [0.2, 0.25) is 0 Å². The number of halogens is 6. The molecular weight excluding hydrogens is 676 g/mol. The van der Waals surface area contributed by atoms with Gasteiger partial charge in [0.25, 0.3) is 0 Å². The lowest BCUT2D eigenvalue weighted by atomic mass is 9.64. The number of aliphatic hydroxyl groups excluding tert-OH is 1. The molecule has 1 N–H and O–H groups in total. The maximum atomic E-state index is 14.2. The zero-order valence-corrected chi connectivity index (χ0v) is 28.2. The normalized spacial score (nSPS) is 25.7. The minimum Gasteiger partial charge on any atom is -0.440 e. The lowest BCUT2D eigenvalue weighted by molar-refractivity contribution is -0.274. The standard InChI is InChI=1S/C39H39F6NO5/c1-24-5-4-17-36(2)33(16-18-37(36)23-46(35(49)51-37)22-25-9-13-30(14-10-25)50-39(43,44)45)31-15-11-26(19-29(47)12-8-24)20-32(31)34(48)27-6-3-7-28(21-27)38(40,41)42/h3,5-7,9-11,13-15,20-21,29,33,47H,4,8,12,16-19,22-23H2,1-2H3. The first-order valence-corrected chi connectivity index (χ1v) is 17.0. The van der Waals surface area contributed by atoms with E-state index < -0.39 is 47.1 Å². The number of benzene rings is 3. The van der Waals surface area contributed by atoms with Gasteiger partial charge in [0.2, 0.25) is 0 Å². The first-order valence-electron chi connectivity index (χ1n) is 17.0. The average Bonchev–Trinajstić information content (AvgIpc) is 3.53. The van der Waals surface area contributed by atoms with Gasteiger partial charge in [0, 0.05) is 23.1 Å². The molecule has 1 heterocycles. The van der Waals surface area contributed by atoms with Crippen LogP contribution in [-0.2, 0) is 23.9 Å². The summed E-state index contributed by atoms with van der Waals surface area (Å²) in [6.45, 7) is 4.33. The number of ether oxygens (including phenoxy) is 2. The second-order valence-electron chi connectivity index (χ2n) is 14.2. The Kier molecular flexibility index (Phi) is 9.77. The molecule has 51 heavy (non-hydrogen) atoms. The topological polar surface area (TPSA) is 76.1 Å². The van der Waals surface area contributed by atoms with Gasteiger partial charge in [-0.1, -0.05) is 55.0 Å². The van der Waals surface area contributed by atoms with Crippen molar-refractivity contribution in [1.29, 1.82) is 0 Å². The Labute approximate surface area is 292 Å². The number of carbonyl (C=O) groups excluding carboxylic acids is 2. The van der Waals surface area contributed by atoms with Crippen LogP contribution < -0.4 is 4.74 Å². The number of alkyl halides is 6. The minimum absolute atomic E-state index is 0.0863. The molecule has 0 aromatic heterocycles. The number of ketones is 1. The Bertz CT molecular complexity index is 1820. The molecule has 4 aliphatic rings. The van der Waals surface area contributed by atoms with Gasteiger partial charge in [-0.25, -0.2) is 4.79 Å². The van der Waals surface area contributed by atoms with Crippen molar-refractivity contribution in [3.63, 3.8) is 0 Å². The van der Waals surface area contributed by atoms with Crippen LogP contribution in [0.3, 0.4) is 0 Å². The number of hydrogen-bond donors (Lipinski definition) is 1. The first-order chi connectivity index (χ1) is 24.0. The summed E-state index contributed by atoms with van der Waals surface area (Å²) in [4.78, 5) is 29.2. The Hall–Kier alpha value is -4.32. The van der Waals surface area contributed by atoms with Gasteiger partial charge in [0.1, 0.15) is 11.4 Å². The van der Waals surface area contributed by atoms with Gasteiger partial charge in [-0.05, 0) is 105 Å². The van der Waals surface area contributed by atoms with Gasteiger partial charge in [-0.15, -0.1) is 13.2 Å². The summed E-state index contributed by atoms with van der Waals surface area (Å²) in [6, 6.07) is 15.0. The number of nitrogens with zero attached hydrogens (tertiary/aromatic N) is 1. The molecule has 272 valence electrons. The Morgan fingerprint density at radius 3 is 2.45 bits per heavy atom. The van der Waals surface area contributed by atoms with Gasteiger partial charge in [-0.3, -0.25) is 9.69 Å². The third-order valence-corrected chi connectivity index (χ3v) is 10.9. The van der Waals surface area contributed by atoms with Crippen LogP contribution in [0, 0.1) is 5.41 Å². The number of hydrogen-bond acceptors (Lipinski definition) is 5. The molecule has 3 aromatic carbocycles. The van der Waals surface area contributed by atoms with E-state index in [1.807, 2.05) is 26.0 Å². The van der Waals surface area contributed by atoms with E-state index in [0.29, 0.717) is 55.2 Å². The van der Waals surface area contributed by atoms with Crippen LogP contribution in [0.25, 0.3) is 0 Å².